The fraction of sp³-hybridized carbons (Fsp3) is 0.853. The minimum absolute atomic E-state index is 0.0150. The van der Waals surface area contributed by atoms with Crippen LogP contribution in [0.25, 0.3) is 0 Å². The number of thiol groups is 1. The zero-order chi connectivity index (χ0) is 31.0. The minimum Gasteiger partial charge on any atom is -0.477 e. The van der Waals surface area contributed by atoms with E-state index < -0.39 is 0 Å². The van der Waals surface area contributed by atoms with Crippen molar-refractivity contribution in [3.8, 4) is 0 Å². The topological polar surface area (TPSA) is 71.7 Å². The summed E-state index contributed by atoms with van der Waals surface area (Å²) in [5.41, 5.74) is 1.63. The molecule has 5 nitrogen and oxygen atoms in total. The minimum atomic E-state index is -0.0150. The van der Waals surface area contributed by atoms with Crippen LogP contribution in [0.5, 0.6) is 0 Å². The third kappa shape index (κ3) is 26.9. The van der Waals surface area contributed by atoms with E-state index >= 15 is 0 Å². The zero-order valence-corrected chi connectivity index (χ0v) is 29.0. The fourth-order valence-corrected chi connectivity index (χ4v) is 4.09. The Morgan fingerprint density at radius 3 is 1.82 bits per heavy atom. The van der Waals surface area contributed by atoms with Crippen LogP contribution in [0.15, 0.2) is 16.0 Å². The van der Waals surface area contributed by atoms with Gasteiger partial charge in [-0.1, -0.05) is 139 Å². The molecule has 40 heavy (non-hydrogen) atoms. The Bertz CT molecular complexity index is 635. The number of hydrogen-bond donors (Lipinski definition) is 2. The first-order chi connectivity index (χ1) is 19.3. The molecular formula is C34H68N2O3S. The van der Waals surface area contributed by atoms with Crippen LogP contribution in [0.1, 0.15) is 171 Å². The molecule has 0 rings (SSSR count). The molecule has 238 valence electrons. The Labute approximate surface area is 255 Å². The number of allylic oxidation sites excluding steroid dienone is 1. The summed E-state index contributed by atoms with van der Waals surface area (Å²) in [5, 5.41) is 7.95. The van der Waals surface area contributed by atoms with E-state index in [1.54, 1.807) is 0 Å². The number of carbonyl (C=O) groups is 1. The molecular weight excluding hydrogens is 516 g/mol. The summed E-state index contributed by atoms with van der Waals surface area (Å²) in [7, 11) is 0. The summed E-state index contributed by atoms with van der Waals surface area (Å²) in [6.07, 6.45) is 21.5. The van der Waals surface area contributed by atoms with Crippen LogP contribution in [0.3, 0.4) is 0 Å². The molecule has 0 aromatic heterocycles. The molecule has 0 saturated carbocycles. The normalized spacial score (nSPS) is 12.8. The summed E-state index contributed by atoms with van der Waals surface area (Å²) in [6.45, 7) is 19.5. The van der Waals surface area contributed by atoms with Crippen LogP contribution in [0, 0.1) is 11.3 Å². The van der Waals surface area contributed by atoms with Crippen molar-refractivity contribution in [2.75, 3.05) is 6.61 Å². The lowest BCUT2D eigenvalue weighted by atomic mass is 10.0. The van der Waals surface area contributed by atoms with Crippen molar-refractivity contribution < 1.29 is 14.3 Å². The van der Waals surface area contributed by atoms with Gasteiger partial charge >= 0.3 is 5.97 Å². The van der Waals surface area contributed by atoms with Crippen molar-refractivity contribution in [1.29, 1.82) is 5.41 Å². The Balaban J connectivity index is -0.000000644. The summed E-state index contributed by atoms with van der Waals surface area (Å²) >= 11 is 3.98. The molecule has 0 fully saturated rings. The average molecular weight is 585 g/mol. The molecule has 2 unspecified atom stereocenters. The second-order valence-electron chi connectivity index (χ2n) is 10.4. The van der Waals surface area contributed by atoms with Gasteiger partial charge in [0.05, 0.1) is 6.61 Å². The van der Waals surface area contributed by atoms with Crippen molar-refractivity contribution in [3.05, 3.63) is 11.6 Å². The van der Waals surface area contributed by atoms with Crippen molar-refractivity contribution >= 4 is 30.4 Å². The molecule has 1 N–H and O–H groups in total. The third-order valence-electron chi connectivity index (χ3n) is 6.92. The molecule has 0 aliphatic rings. The number of nitrogens with zero attached hydrogens (tertiary/aromatic N) is 1. The Morgan fingerprint density at radius 2 is 1.35 bits per heavy atom. The second-order valence-corrected chi connectivity index (χ2v) is 10.6. The first-order valence-corrected chi connectivity index (χ1v) is 17.0. The van der Waals surface area contributed by atoms with Gasteiger partial charge in [0.1, 0.15) is 11.8 Å². The number of nitrogens with one attached hydrogen (secondary N) is 1. The van der Waals surface area contributed by atoms with Gasteiger partial charge in [-0.15, -0.1) is 0 Å². The van der Waals surface area contributed by atoms with Crippen LogP contribution in [-0.4, -0.2) is 30.3 Å². The summed E-state index contributed by atoms with van der Waals surface area (Å²) in [4.78, 5) is 11.6. The molecule has 6 heteroatoms. The van der Waals surface area contributed by atoms with Crippen molar-refractivity contribution in [2.45, 2.75) is 178 Å². The Kier molecular flexibility index (Phi) is 36.6. The fourth-order valence-electron chi connectivity index (χ4n) is 3.87. The van der Waals surface area contributed by atoms with Crippen molar-refractivity contribution in [2.24, 2.45) is 10.3 Å². The van der Waals surface area contributed by atoms with E-state index in [0.29, 0.717) is 24.7 Å². The highest BCUT2D eigenvalue weighted by atomic mass is 32.1. The second kappa shape index (κ2) is 33.9. The molecule has 0 aliphatic heterocycles. The average Bonchev–Trinajstić information content (AvgIpc) is 2.97. The van der Waals surface area contributed by atoms with Gasteiger partial charge in [0.25, 0.3) is 0 Å². The monoisotopic (exact) mass is 584 g/mol. The largest absolute Gasteiger partial charge is 0.477 e. The quantitative estimate of drug-likeness (QED) is 0.0437. The standard InChI is InChI=1S/C17H34O2.C15H28N2OS.C2H6/c1-5-7-8-9-10-11-12-13-14-17(18)19-16(4)15(3)6-2;1-4-7-9-10-12-18-15(16)14(17-19)13(6-3)11-8-5-2;1-2/h15-16H,5-14H2,1-4H3;11,16,19H,4-10,12H2,1-3H3;1-2H3/b;13-11+,16-15?,17-14-;. The highest BCUT2D eigenvalue weighted by Crippen LogP contribution is 2.14. The zero-order valence-electron chi connectivity index (χ0n) is 28.1. The number of unbranched alkanes of at least 4 members (excludes halogenated alkanes) is 11. The van der Waals surface area contributed by atoms with Crippen LogP contribution >= 0.6 is 12.8 Å². The van der Waals surface area contributed by atoms with E-state index in [9.17, 15) is 4.79 Å². The molecule has 0 radical (unpaired) electrons. The predicted molar refractivity (Wildman–Crippen MR) is 181 cm³/mol. The Hall–Kier alpha value is -1.30. The molecule has 0 bridgehead atoms. The molecule has 2 atom stereocenters. The van der Waals surface area contributed by atoms with Crippen LogP contribution in [-0.2, 0) is 14.3 Å². The lowest BCUT2D eigenvalue weighted by molar-refractivity contribution is -0.150. The van der Waals surface area contributed by atoms with Gasteiger partial charge < -0.3 is 9.47 Å². The first-order valence-electron chi connectivity index (χ1n) is 16.6. The van der Waals surface area contributed by atoms with Crippen LogP contribution < -0.4 is 0 Å². The molecule has 0 amide bonds. The predicted octanol–water partition coefficient (Wildman–Crippen LogP) is 11.5. The van der Waals surface area contributed by atoms with Gasteiger partial charge in [-0.3, -0.25) is 10.2 Å². The van der Waals surface area contributed by atoms with Crippen LogP contribution in [0.2, 0.25) is 0 Å². The lowest BCUT2D eigenvalue weighted by Crippen LogP contribution is -2.21. The van der Waals surface area contributed by atoms with Gasteiger partial charge in [-0.25, -0.2) is 4.40 Å². The highest BCUT2D eigenvalue weighted by molar-refractivity contribution is 7.79. The SMILES string of the molecule is CC.CCC/C=C(CC)/C(=N/S)C(=N)OCCCCCC.CCCCCCCCCCC(=O)OC(C)C(C)CC. The first kappa shape index (κ1) is 43.2. The smallest absolute Gasteiger partial charge is 0.306 e. The third-order valence-corrected chi connectivity index (χ3v) is 7.12. The number of rotatable bonds is 22. The van der Waals surface area contributed by atoms with E-state index in [-0.39, 0.29) is 18.0 Å². The molecule has 0 aliphatic carbocycles. The van der Waals surface area contributed by atoms with E-state index in [1.807, 2.05) is 20.8 Å². The van der Waals surface area contributed by atoms with Gasteiger partial charge in [-0.05, 0) is 56.9 Å². The molecule has 0 aromatic rings. The van der Waals surface area contributed by atoms with Gasteiger partial charge in [-0.2, -0.15) is 0 Å². The number of carbonyl (C=O) groups excluding carboxylic acids is 1. The maximum atomic E-state index is 11.6. The van der Waals surface area contributed by atoms with E-state index in [1.165, 1.54) is 57.8 Å². The maximum Gasteiger partial charge on any atom is 0.306 e. The van der Waals surface area contributed by atoms with Crippen molar-refractivity contribution in [3.63, 3.8) is 0 Å². The molecule has 0 aromatic carbocycles. The van der Waals surface area contributed by atoms with Gasteiger partial charge in [0.15, 0.2) is 0 Å². The van der Waals surface area contributed by atoms with Crippen LogP contribution in [0.4, 0.5) is 0 Å². The van der Waals surface area contributed by atoms with E-state index in [2.05, 4.69) is 64.8 Å². The number of esters is 1. The number of hydrogen-bond acceptors (Lipinski definition) is 6. The Morgan fingerprint density at radius 1 is 0.825 bits per heavy atom. The highest BCUT2D eigenvalue weighted by Gasteiger charge is 2.15. The van der Waals surface area contributed by atoms with Gasteiger partial charge in [0.2, 0.25) is 5.90 Å². The summed E-state index contributed by atoms with van der Waals surface area (Å²) < 4.78 is 14.8. The maximum absolute atomic E-state index is 11.6. The molecule has 0 saturated heterocycles. The molecule has 0 spiro atoms. The van der Waals surface area contributed by atoms with E-state index in [4.69, 9.17) is 14.9 Å². The number of ether oxygens (including phenoxy) is 2. The van der Waals surface area contributed by atoms with Crippen molar-refractivity contribution in [1.82, 2.24) is 0 Å². The lowest BCUT2D eigenvalue weighted by Gasteiger charge is -2.18. The summed E-state index contributed by atoms with van der Waals surface area (Å²) in [6, 6.07) is 0. The van der Waals surface area contributed by atoms with E-state index in [0.717, 1.165) is 50.5 Å². The van der Waals surface area contributed by atoms with Gasteiger partial charge in [0, 0.05) is 6.42 Å². The summed E-state index contributed by atoms with van der Waals surface area (Å²) in [5.74, 6) is 0.594. The molecule has 0 heterocycles.